The summed E-state index contributed by atoms with van der Waals surface area (Å²) in [4.78, 5) is 25.9. The third kappa shape index (κ3) is 6.01. The summed E-state index contributed by atoms with van der Waals surface area (Å²) in [5.74, 6) is -0.723. The molecule has 0 bridgehead atoms. The van der Waals surface area contributed by atoms with Gasteiger partial charge in [0.15, 0.2) is 0 Å². The molecule has 2 atom stereocenters. The maximum Gasteiger partial charge on any atom is 0.252 e. The SMILES string of the molecule is CC1CN(c2ccc(NC(=O)CCCNC(=O)c3ccsc3)cc2F)CC(C)O1. The summed E-state index contributed by atoms with van der Waals surface area (Å²) in [5, 5.41) is 9.11. The molecule has 2 N–H and O–H groups in total. The van der Waals surface area contributed by atoms with E-state index in [9.17, 15) is 14.0 Å². The molecule has 0 aliphatic carbocycles. The summed E-state index contributed by atoms with van der Waals surface area (Å²) in [7, 11) is 0. The molecule has 1 saturated heterocycles. The Morgan fingerprint density at radius 3 is 2.66 bits per heavy atom. The molecule has 1 aliphatic rings. The van der Waals surface area contributed by atoms with E-state index in [0.717, 1.165) is 0 Å². The number of nitrogens with one attached hydrogen (secondary N) is 2. The van der Waals surface area contributed by atoms with Gasteiger partial charge in [0, 0.05) is 42.7 Å². The van der Waals surface area contributed by atoms with Crippen molar-refractivity contribution >= 4 is 34.5 Å². The number of hydrogen-bond donors (Lipinski definition) is 2. The Hall–Kier alpha value is -2.45. The van der Waals surface area contributed by atoms with Gasteiger partial charge in [0.1, 0.15) is 5.82 Å². The molecular formula is C21H26FN3O3S. The summed E-state index contributed by atoms with van der Waals surface area (Å²) in [6.07, 6.45) is 0.827. The number of thiophene rings is 1. The molecule has 1 aliphatic heterocycles. The van der Waals surface area contributed by atoms with Gasteiger partial charge in [-0.15, -0.1) is 0 Å². The predicted molar refractivity (Wildman–Crippen MR) is 113 cm³/mol. The van der Waals surface area contributed by atoms with Gasteiger partial charge in [-0.05, 0) is 49.9 Å². The van der Waals surface area contributed by atoms with Crippen LogP contribution in [0.1, 0.15) is 37.0 Å². The van der Waals surface area contributed by atoms with Gasteiger partial charge in [-0.3, -0.25) is 9.59 Å². The largest absolute Gasteiger partial charge is 0.372 e. The van der Waals surface area contributed by atoms with Crippen LogP contribution in [0, 0.1) is 5.82 Å². The van der Waals surface area contributed by atoms with Gasteiger partial charge in [-0.2, -0.15) is 11.3 Å². The van der Waals surface area contributed by atoms with E-state index in [1.807, 2.05) is 24.1 Å². The Morgan fingerprint density at radius 1 is 1.24 bits per heavy atom. The predicted octanol–water partition coefficient (Wildman–Crippen LogP) is 3.65. The molecule has 2 amide bonds. The van der Waals surface area contributed by atoms with Crippen LogP contribution in [-0.4, -0.2) is 43.7 Å². The van der Waals surface area contributed by atoms with Crippen molar-refractivity contribution in [2.24, 2.45) is 0 Å². The van der Waals surface area contributed by atoms with E-state index in [-0.39, 0.29) is 36.3 Å². The molecule has 1 fully saturated rings. The van der Waals surface area contributed by atoms with E-state index in [4.69, 9.17) is 4.74 Å². The molecule has 8 heteroatoms. The lowest BCUT2D eigenvalue weighted by atomic mass is 10.1. The molecule has 6 nitrogen and oxygen atoms in total. The molecule has 29 heavy (non-hydrogen) atoms. The summed E-state index contributed by atoms with van der Waals surface area (Å²) < 4.78 is 20.3. The van der Waals surface area contributed by atoms with Crippen LogP contribution >= 0.6 is 11.3 Å². The minimum atomic E-state index is -0.368. The van der Waals surface area contributed by atoms with E-state index in [0.29, 0.717) is 43.0 Å². The molecule has 2 heterocycles. The van der Waals surface area contributed by atoms with Crippen LogP contribution in [0.25, 0.3) is 0 Å². The van der Waals surface area contributed by atoms with Crippen molar-refractivity contribution in [3.05, 3.63) is 46.4 Å². The van der Waals surface area contributed by atoms with Crippen LogP contribution in [0.2, 0.25) is 0 Å². The van der Waals surface area contributed by atoms with Crippen LogP contribution in [0.3, 0.4) is 0 Å². The van der Waals surface area contributed by atoms with E-state index in [1.54, 1.807) is 23.6 Å². The molecule has 0 saturated carbocycles. The van der Waals surface area contributed by atoms with Gasteiger partial charge in [0.05, 0.1) is 17.9 Å². The maximum atomic E-state index is 14.6. The monoisotopic (exact) mass is 419 g/mol. The standard InChI is InChI=1S/C21H26FN3O3S/c1-14-11-25(12-15(2)28-14)19-6-5-17(10-18(19)22)24-20(26)4-3-8-23-21(27)16-7-9-29-13-16/h5-7,9-10,13-15H,3-4,8,11-12H2,1-2H3,(H,23,27)(H,24,26). The number of anilines is 2. The lowest BCUT2D eigenvalue weighted by Gasteiger charge is -2.37. The third-order valence-electron chi connectivity index (χ3n) is 4.64. The zero-order valence-electron chi connectivity index (χ0n) is 16.6. The van der Waals surface area contributed by atoms with Crippen LogP contribution in [0.15, 0.2) is 35.0 Å². The summed E-state index contributed by atoms with van der Waals surface area (Å²) in [6.45, 7) is 5.60. The molecule has 0 spiro atoms. The molecule has 1 aromatic heterocycles. The number of ether oxygens (including phenoxy) is 1. The number of morpholine rings is 1. The number of rotatable bonds is 7. The molecule has 156 valence electrons. The first-order chi connectivity index (χ1) is 13.9. The first kappa shape index (κ1) is 21.3. The number of hydrogen-bond acceptors (Lipinski definition) is 5. The first-order valence-corrected chi connectivity index (χ1v) is 10.7. The average molecular weight is 420 g/mol. The number of nitrogens with zero attached hydrogens (tertiary/aromatic N) is 1. The Labute approximate surface area is 174 Å². The second-order valence-corrected chi connectivity index (χ2v) is 8.03. The van der Waals surface area contributed by atoms with Crippen molar-refractivity contribution in [2.75, 3.05) is 29.9 Å². The highest BCUT2D eigenvalue weighted by molar-refractivity contribution is 7.08. The summed E-state index contributed by atoms with van der Waals surface area (Å²) >= 11 is 1.46. The van der Waals surface area contributed by atoms with Crippen LogP contribution in [0.4, 0.5) is 15.8 Å². The van der Waals surface area contributed by atoms with Gasteiger partial charge >= 0.3 is 0 Å². The lowest BCUT2D eigenvalue weighted by Crippen LogP contribution is -2.45. The zero-order valence-corrected chi connectivity index (χ0v) is 17.4. The van der Waals surface area contributed by atoms with E-state index >= 15 is 0 Å². The van der Waals surface area contributed by atoms with Crippen molar-refractivity contribution < 1.29 is 18.7 Å². The van der Waals surface area contributed by atoms with Crippen molar-refractivity contribution in [1.29, 1.82) is 0 Å². The van der Waals surface area contributed by atoms with Gasteiger partial charge < -0.3 is 20.3 Å². The third-order valence-corrected chi connectivity index (χ3v) is 5.32. The van der Waals surface area contributed by atoms with Crippen molar-refractivity contribution in [2.45, 2.75) is 38.9 Å². The van der Waals surface area contributed by atoms with Gasteiger partial charge in [-0.1, -0.05) is 0 Å². The summed E-state index contributed by atoms with van der Waals surface area (Å²) in [6, 6.07) is 6.50. The van der Waals surface area contributed by atoms with Crippen molar-refractivity contribution in [3.8, 4) is 0 Å². The summed E-state index contributed by atoms with van der Waals surface area (Å²) in [5.41, 5.74) is 1.56. The van der Waals surface area contributed by atoms with E-state index in [2.05, 4.69) is 10.6 Å². The minimum Gasteiger partial charge on any atom is -0.372 e. The number of carbonyl (C=O) groups excluding carboxylic acids is 2. The van der Waals surface area contributed by atoms with Crippen molar-refractivity contribution in [1.82, 2.24) is 5.32 Å². The Bertz CT molecular complexity index is 834. The molecular weight excluding hydrogens is 393 g/mol. The average Bonchev–Trinajstić information content (AvgIpc) is 3.19. The molecule has 0 radical (unpaired) electrons. The normalized spacial score (nSPS) is 19.1. The van der Waals surface area contributed by atoms with E-state index in [1.165, 1.54) is 17.4 Å². The topological polar surface area (TPSA) is 70.7 Å². The maximum absolute atomic E-state index is 14.6. The van der Waals surface area contributed by atoms with Crippen molar-refractivity contribution in [3.63, 3.8) is 0 Å². The first-order valence-electron chi connectivity index (χ1n) is 9.72. The molecule has 3 rings (SSSR count). The highest BCUT2D eigenvalue weighted by Crippen LogP contribution is 2.26. The number of halogens is 1. The van der Waals surface area contributed by atoms with Gasteiger partial charge in [0.25, 0.3) is 5.91 Å². The molecule has 1 aromatic carbocycles. The number of benzene rings is 1. The number of carbonyl (C=O) groups is 2. The molecule has 2 aromatic rings. The van der Waals surface area contributed by atoms with Crippen LogP contribution in [0.5, 0.6) is 0 Å². The minimum absolute atomic E-state index is 0.0396. The van der Waals surface area contributed by atoms with Gasteiger partial charge in [0.2, 0.25) is 5.91 Å². The fourth-order valence-corrected chi connectivity index (χ4v) is 4.02. The Morgan fingerprint density at radius 2 is 2.00 bits per heavy atom. The Kier molecular flexibility index (Phi) is 7.22. The highest BCUT2D eigenvalue weighted by Gasteiger charge is 2.24. The second kappa shape index (κ2) is 9.84. The fraction of sp³-hybridized carbons (Fsp3) is 0.429. The quantitative estimate of drug-likeness (QED) is 0.672. The van der Waals surface area contributed by atoms with Crippen LogP contribution in [-0.2, 0) is 9.53 Å². The second-order valence-electron chi connectivity index (χ2n) is 7.25. The zero-order chi connectivity index (χ0) is 20.8. The van der Waals surface area contributed by atoms with Gasteiger partial charge in [-0.25, -0.2) is 4.39 Å². The lowest BCUT2D eigenvalue weighted by molar-refractivity contribution is -0.116. The highest BCUT2D eigenvalue weighted by atomic mass is 32.1. The molecule has 2 unspecified atom stereocenters. The number of amides is 2. The Balaban J connectivity index is 1.45. The smallest absolute Gasteiger partial charge is 0.252 e. The fourth-order valence-electron chi connectivity index (χ4n) is 3.39. The van der Waals surface area contributed by atoms with Crippen LogP contribution < -0.4 is 15.5 Å². The van der Waals surface area contributed by atoms with E-state index < -0.39 is 0 Å².